The van der Waals surface area contributed by atoms with Gasteiger partial charge in [0.15, 0.2) is 0 Å². The number of methoxy groups -OCH3 is 1. The van der Waals surface area contributed by atoms with Crippen LogP contribution in [0.1, 0.15) is 32.0 Å². The molecule has 0 radical (unpaired) electrons. The largest absolute Gasteiger partial charge is 0.382 e. The first-order chi connectivity index (χ1) is 9.13. The molecule has 0 aromatic carbocycles. The van der Waals surface area contributed by atoms with E-state index in [1.165, 1.54) is 0 Å². The summed E-state index contributed by atoms with van der Waals surface area (Å²) >= 11 is 5.96. The van der Waals surface area contributed by atoms with E-state index in [2.05, 4.69) is 15.3 Å². The van der Waals surface area contributed by atoms with Gasteiger partial charge in [-0.1, -0.05) is 25.4 Å². The minimum Gasteiger partial charge on any atom is -0.382 e. The summed E-state index contributed by atoms with van der Waals surface area (Å²) in [6, 6.07) is 1.74. The Morgan fingerprint density at radius 2 is 2.05 bits per heavy atom. The van der Waals surface area contributed by atoms with E-state index in [0.29, 0.717) is 25.0 Å². The Morgan fingerprint density at radius 1 is 1.26 bits per heavy atom. The molecule has 0 saturated heterocycles. The van der Waals surface area contributed by atoms with Crippen LogP contribution >= 0.6 is 11.6 Å². The van der Waals surface area contributed by atoms with Gasteiger partial charge in [0.25, 0.3) is 0 Å². The molecule has 1 aromatic rings. The standard InChI is InChI=1S/C13H22ClN3O2/c1-10(2)13-16-11(14)9-12(17-13)15-5-4-6-19-8-7-18-3/h9-10H,4-8H2,1-3H3,(H,15,16,17). The molecule has 0 unspecified atom stereocenters. The number of ether oxygens (including phenoxy) is 2. The Hall–Kier alpha value is -0.910. The highest BCUT2D eigenvalue weighted by molar-refractivity contribution is 6.29. The maximum absolute atomic E-state index is 5.96. The normalized spacial score (nSPS) is 11.0. The number of nitrogens with zero attached hydrogens (tertiary/aromatic N) is 2. The molecule has 0 spiro atoms. The highest BCUT2D eigenvalue weighted by Gasteiger charge is 2.06. The van der Waals surface area contributed by atoms with Gasteiger partial charge in [-0.3, -0.25) is 0 Å². The number of nitrogens with one attached hydrogen (secondary N) is 1. The third-order valence-corrected chi connectivity index (χ3v) is 2.63. The minimum atomic E-state index is 0.261. The molecular weight excluding hydrogens is 266 g/mol. The third kappa shape index (κ3) is 6.71. The van der Waals surface area contributed by atoms with Crippen molar-refractivity contribution in [2.24, 2.45) is 0 Å². The monoisotopic (exact) mass is 287 g/mol. The van der Waals surface area contributed by atoms with Crippen molar-refractivity contribution in [3.05, 3.63) is 17.0 Å². The Bertz CT molecular complexity index is 375. The first-order valence-electron chi connectivity index (χ1n) is 6.48. The van der Waals surface area contributed by atoms with Gasteiger partial charge in [0, 0.05) is 32.2 Å². The zero-order valence-electron chi connectivity index (χ0n) is 11.8. The number of hydrogen-bond donors (Lipinski definition) is 1. The van der Waals surface area contributed by atoms with Crippen LogP contribution in [0.4, 0.5) is 5.82 Å². The van der Waals surface area contributed by atoms with Crippen LogP contribution < -0.4 is 5.32 Å². The molecule has 108 valence electrons. The third-order valence-electron chi connectivity index (χ3n) is 2.43. The second-order valence-corrected chi connectivity index (χ2v) is 4.86. The first-order valence-corrected chi connectivity index (χ1v) is 6.86. The first kappa shape index (κ1) is 16.1. The van der Waals surface area contributed by atoms with Crippen molar-refractivity contribution in [2.75, 3.05) is 38.8 Å². The van der Waals surface area contributed by atoms with Gasteiger partial charge in [0.05, 0.1) is 13.2 Å². The van der Waals surface area contributed by atoms with Gasteiger partial charge in [-0.05, 0) is 6.42 Å². The molecule has 6 heteroatoms. The maximum atomic E-state index is 5.96. The van der Waals surface area contributed by atoms with Crippen molar-refractivity contribution in [1.82, 2.24) is 9.97 Å². The van der Waals surface area contributed by atoms with Crippen molar-refractivity contribution < 1.29 is 9.47 Å². The molecule has 1 N–H and O–H groups in total. The number of anilines is 1. The second-order valence-electron chi connectivity index (χ2n) is 4.47. The SMILES string of the molecule is COCCOCCCNc1cc(Cl)nc(C(C)C)n1. The van der Waals surface area contributed by atoms with Crippen molar-refractivity contribution in [3.8, 4) is 0 Å². The molecule has 5 nitrogen and oxygen atoms in total. The Morgan fingerprint density at radius 3 is 2.74 bits per heavy atom. The average molecular weight is 288 g/mol. The van der Waals surface area contributed by atoms with Crippen LogP contribution in [0.2, 0.25) is 5.15 Å². The fraction of sp³-hybridized carbons (Fsp3) is 0.692. The summed E-state index contributed by atoms with van der Waals surface area (Å²) in [4.78, 5) is 8.60. The number of halogens is 1. The summed E-state index contributed by atoms with van der Waals surface area (Å²) in [6.45, 7) is 6.84. The smallest absolute Gasteiger partial charge is 0.135 e. The fourth-order valence-electron chi connectivity index (χ4n) is 1.42. The molecule has 0 aliphatic heterocycles. The number of rotatable bonds is 9. The minimum absolute atomic E-state index is 0.261. The van der Waals surface area contributed by atoms with Crippen LogP contribution in [0, 0.1) is 0 Å². The lowest BCUT2D eigenvalue weighted by molar-refractivity contribution is 0.0705. The summed E-state index contributed by atoms with van der Waals surface area (Å²) in [7, 11) is 1.66. The van der Waals surface area contributed by atoms with E-state index in [4.69, 9.17) is 21.1 Å². The van der Waals surface area contributed by atoms with E-state index in [9.17, 15) is 0 Å². The average Bonchev–Trinajstić information content (AvgIpc) is 2.37. The summed E-state index contributed by atoms with van der Waals surface area (Å²) in [5.74, 6) is 1.78. The molecular formula is C13H22ClN3O2. The van der Waals surface area contributed by atoms with Crippen molar-refractivity contribution in [2.45, 2.75) is 26.2 Å². The molecule has 0 aliphatic carbocycles. The molecule has 0 amide bonds. The van der Waals surface area contributed by atoms with E-state index < -0.39 is 0 Å². The molecule has 0 fully saturated rings. The molecule has 19 heavy (non-hydrogen) atoms. The van der Waals surface area contributed by atoms with Gasteiger partial charge in [0.1, 0.15) is 16.8 Å². The second kappa shape index (κ2) is 9.07. The Kier molecular flexibility index (Phi) is 7.70. The lowest BCUT2D eigenvalue weighted by atomic mass is 10.2. The Balaban J connectivity index is 2.29. The highest BCUT2D eigenvalue weighted by Crippen LogP contribution is 2.16. The molecule has 0 aliphatic rings. The van der Waals surface area contributed by atoms with Gasteiger partial charge in [-0.15, -0.1) is 0 Å². The van der Waals surface area contributed by atoms with Crippen molar-refractivity contribution >= 4 is 17.4 Å². The summed E-state index contributed by atoms with van der Waals surface area (Å²) < 4.78 is 10.3. The van der Waals surface area contributed by atoms with Gasteiger partial charge < -0.3 is 14.8 Å². The van der Waals surface area contributed by atoms with E-state index >= 15 is 0 Å². The van der Waals surface area contributed by atoms with Crippen molar-refractivity contribution in [1.29, 1.82) is 0 Å². The van der Waals surface area contributed by atoms with E-state index in [-0.39, 0.29) is 5.92 Å². The fourth-order valence-corrected chi connectivity index (χ4v) is 1.61. The molecule has 1 rings (SSSR count). The van der Waals surface area contributed by atoms with E-state index in [1.54, 1.807) is 13.2 Å². The highest BCUT2D eigenvalue weighted by atomic mass is 35.5. The van der Waals surface area contributed by atoms with E-state index in [1.807, 2.05) is 13.8 Å². The molecule has 1 heterocycles. The number of hydrogen-bond acceptors (Lipinski definition) is 5. The van der Waals surface area contributed by atoms with Crippen molar-refractivity contribution in [3.63, 3.8) is 0 Å². The summed E-state index contributed by atoms with van der Waals surface area (Å²) in [5.41, 5.74) is 0. The zero-order chi connectivity index (χ0) is 14.1. The van der Waals surface area contributed by atoms with Gasteiger partial charge in [0.2, 0.25) is 0 Å². The molecule has 0 bridgehead atoms. The van der Waals surface area contributed by atoms with Crippen LogP contribution in [-0.4, -0.2) is 43.4 Å². The molecule has 1 aromatic heterocycles. The lowest BCUT2D eigenvalue weighted by Gasteiger charge is -2.09. The molecule has 0 atom stereocenters. The van der Waals surface area contributed by atoms with Gasteiger partial charge >= 0.3 is 0 Å². The molecule has 0 saturated carbocycles. The van der Waals surface area contributed by atoms with Crippen LogP contribution in [0.5, 0.6) is 0 Å². The predicted molar refractivity (Wildman–Crippen MR) is 76.9 cm³/mol. The van der Waals surface area contributed by atoms with Crippen LogP contribution in [0.3, 0.4) is 0 Å². The predicted octanol–water partition coefficient (Wildman–Crippen LogP) is 2.72. The van der Waals surface area contributed by atoms with Gasteiger partial charge in [-0.25, -0.2) is 9.97 Å². The summed E-state index contributed by atoms with van der Waals surface area (Å²) in [5, 5.41) is 3.69. The number of aromatic nitrogens is 2. The Labute approximate surface area is 119 Å². The lowest BCUT2D eigenvalue weighted by Crippen LogP contribution is -2.10. The van der Waals surface area contributed by atoms with Crippen LogP contribution in [-0.2, 0) is 9.47 Å². The van der Waals surface area contributed by atoms with Gasteiger partial charge in [-0.2, -0.15) is 0 Å². The quantitative estimate of drug-likeness (QED) is 0.559. The van der Waals surface area contributed by atoms with Crippen LogP contribution in [0.25, 0.3) is 0 Å². The van der Waals surface area contributed by atoms with E-state index in [0.717, 1.165) is 24.6 Å². The topological polar surface area (TPSA) is 56.3 Å². The zero-order valence-corrected chi connectivity index (χ0v) is 12.5. The summed E-state index contributed by atoms with van der Waals surface area (Å²) in [6.07, 6.45) is 0.905. The van der Waals surface area contributed by atoms with Crippen LogP contribution in [0.15, 0.2) is 6.07 Å². The maximum Gasteiger partial charge on any atom is 0.135 e.